The minimum atomic E-state index is -0.140. The Morgan fingerprint density at radius 1 is 0.400 bits per heavy atom. The van der Waals surface area contributed by atoms with Crippen LogP contribution < -0.4 is 0 Å². The standard InChI is InChI=1S/C46H56O4/c1-30-26-36(8-12-40(30)47)45(37-9-13-41(48)31(2)27-37)22-16-34(17-23-45)44(20-6-5-7-21-44)35-18-24-46(25-19-35,38-10-14-42(49)32(3)28-38)39-11-15-43(50)33(4)29-39/h8-15,26-29,34-35,47-50H,5-7,16-25H2,1-4H3. The molecule has 0 saturated heterocycles. The quantitative estimate of drug-likeness (QED) is 0.164. The van der Waals surface area contributed by atoms with Crippen LogP contribution >= 0.6 is 0 Å². The summed E-state index contributed by atoms with van der Waals surface area (Å²) in [5.74, 6) is 2.74. The van der Waals surface area contributed by atoms with E-state index in [0.29, 0.717) is 40.2 Å². The summed E-state index contributed by atoms with van der Waals surface area (Å²) in [4.78, 5) is 0. The number of aryl methyl sites for hydroxylation is 4. The van der Waals surface area contributed by atoms with E-state index in [1.54, 1.807) is 0 Å². The largest absolute Gasteiger partial charge is 0.508 e. The third-order valence-electron chi connectivity index (χ3n) is 14.1. The molecule has 7 rings (SSSR count). The topological polar surface area (TPSA) is 80.9 Å². The van der Waals surface area contributed by atoms with Gasteiger partial charge in [0.25, 0.3) is 0 Å². The van der Waals surface area contributed by atoms with Crippen molar-refractivity contribution in [3.8, 4) is 23.0 Å². The van der Waals surface area contributed by atoms with Crippen molar-refractivity contribution in [1.82, 2.24) is 0 Å². The van der Waals surface area contributed by atoms with Crippen LogP contribution in [0.3, 0.4) is 0 Å². The van der Waals surface area contributed by atoms with Crippen LogP contribution in [0.25, 0.3) is 0 Å². The zero-order chi connectivity index (χ0) is 35.3. The van der Waals surface area contributed by atoms with Gasteiger partial charge in [-0.2, -0.15) is 0 Å². The van der Waals surface area contributed by atoms with Crippen LogP contribution in [0.5, 0.6) is 23.0 Å². The first kappa shape index (κ1) is 34.5. The van der Waals surface area contributed by atoms with E-state index in [1.165, 1.54) is 80.0 Å². The molecule has 0 aromatic heterocycles. The molecule has 3 aliphatic rings. The van der Waals surface area contributed by atoms with E-state index in [1.807, 2.05) is 52.0 Å². The molecule has 4 aromatic rings. The summed E-state index contributed by atoms with van der Waals surface area (Å²) in [5, 5.41) is 41.8. The van der Waals surface area contributed by atoms with Gasteiger partial charge in [0, 0.05) is 10.8 Å². The highest BCUT2D eigenvalue weighted by molar-refractivity contribution is 5.49. The predicted molar refractivity (Wildman–Crippen MR) is 202 cm³/mol. The molecule has 0 spiro atoms. The minimum Gasteiger partial charge on any atom is -0.508 e. The second kappa shape index (κ2) is 13.3. The van der Waals surface area contributed by atoms with Crippen LogP contribution in [0, 0.1) is 44.9 Å². The molecule has 0 unspecified atom stereocenters. The Labute approximate surface area is 299 Å². The Bertz CT molecular complexity index is 1610. The Morgan fingerprint density at radius 3 is 0.940 bits per heavy atom. The van der Waals surface area contributed by atoms with E-state index in [0.717, 1.165) is 47.9 Å². The van der Waals surface area contributed by atoms with E-state index < -0.39 is 0 Å². The molecule has 0 aliphatic heterocycles. The van der Waals surface area contributed by atoms with E-state index in [-0.39, 0.29) is 10.8 Å². The Kier molecular flexibility index (Phi) is 9.20. The summed E-state index contributed by atoms with van der Waals surface area (Å²) in [6, 6.07) is 24.8. The molecule has 50 heavy (non-hydrogen) atoms. The Hall–Kier alpha value is -3.92. The minimum absolute atomic E-state index is 0.140. The lowest BCUT2D eigenvalue weighted by Gasteiger charge is -2.56. The fraction of sp³-hybridized carbons (Fsp3) is 0.478. The summed E-state index contributed by atoms with van der Waals surface area (Å²) in [6.45, 7) is 8.00. The smallest absolute Gasteiger partial charge is 0.118 e. The van der Waals surface area contributed by atoms with Gasteiger partial charge >= 0.3 is 0 Å². The van der Waals surface area contributed by atoms with Crippen LogP contribution in [0.4, 0.5) is 0 Å². The predicted octanol–water partition coefficient (Wildman–Crippen LogP) is 11.3. The van der Waals surface area contributed by atoms with Gasteiger partial charge in [-0.05, 0) is 178 Å². The normalized spacial score (nSPS) is 20.8. The van der Waals surface area contributed by atoms with Crippen LogP contribution in [0.2, 0.25) is 0 Å². The van der Waals surface area contributed by atoms with E-state index in [4.69, 9.17) is 0 Å². The summed E-state index contributed by atoms with van der Waals surface area (Å²) in [7, 11) is 0. The van der Waals surface area contributed by atoms with E-state index in [9.17, 15) is 20.4 Å². The lowest BCUT2D eigenvalue weighted by Crippen LogP contribution is -2.47. The highest BCUT2D eigenvalue weighted by atomic mass is 16.3. The van der Waals surface area contributed by atoms with Gasteiger partial charge in [0.05, 0.1) is 0 Å². The Morgan fingerprint density at radius 2 is 0.680 bits per heavy atom. The molecular formula is C46H56O4. The second-order valence-electron chi connectivity index (χ2n) is 16.5. The molecular weight excluding hydrogens is 617 g/mol. The Balaban J connectivity index is 1.20. The van der Waals surface area contributed by atoms with Crippen LogP contribution in [0.15, 0.2) is 72.8 Å². The monoisotopic (exact) mass is 672 g/mol. The zero-order valence-corrected chi connectivity index (χ0v) is 30.6. The van der Waals surface area contributed by atoms with Crippen molar-refractivity contribution in [2.75, 3.05) is 0 Å². The molecule has 3 aliphatic carbocycles. The summed E-state index contributed by atoms with van der Waals surface area (Å²) in [5.41, 5.74) is 8.87. The third kappa shape index (κ3) is 5.87. The molecule has 0 bridgehead atoms. The first-order valence-corrected chi connectivity index (χ1v) is 19.2. The molecule has 264 valence electrons. The third-order valence-corrected chi connectivity index (χ3v) is 14.1. The van der Waals surface area contributed by atoms with Gasteiger partial charge in [0.2, 0.25) is 0 Å². The van der Waals surface area contributed by atoms with Crippen molar-refractivity contribution in [2.45, 2.75) is 122 Å². The SMILES string of the molecule is Cc1cc(C2(c3ccc(O)c(C)c3)CCC(C3(C4CCC(c5ccc(O)c(C)c5)(c5ccc(O)c(C)c5)CC4)CCCCC3)CC2)ccc1O. The van der Waals surface area contributed by atoms with Gasteiger partial charge in [0.1, 0.15) is 23.0 Å². The van der Waals surface area contributed by atoms with Crippen molar-refractivity contribution >= 4 is 0 Å². The molecule has 0 radical (unpaired) electrons. The molecule has 3 fully saturated rings. The number of aromatic hydroxyl groups is 4. The van der Waals surface area contributed by atoms with Crippen molar-refractivity contribution in [3.63, 3.8) is 0 Å². The highest BCUT2D eigenvalue weighted by Crippen LogP contribution is 2.62. The number of hydrogen-bond donors (Lipinski definition) is 4. The first-order chi connectivity index (χ1) is 24.0. The number of benzene rings is 4. The second-order valence-corrected chi connectivity index (χ2v) is 16.5. The lowest BCUT2D eigenvalue weighted by atomic mass is 9.49. The van der Waals surface area contributed by atoms with Gasteiger partial charge < -0.3 is 20.4 Å². The number of rotatable bonds is 6. The molecule has 4 heteroatoms. The van der Waals surface area contributed by atoms with Gasteiger partial charge in [0.15, 0.2) is 0 Å². The van der Waals surface area contributed by atoms with Crippen molar-refractivity contribution in [3.05, 3.63) is 117 Å². The molecule has 3 saturated carbocycles. The van der Waals surface area contributed by atoms with Crippen molar-refractivity contribution in [2.24, 2.45) is 17.3 Å². The van der Waals surface area contributed by atoms with E-state index >= 15 is 0 Å². The highest BCUT2D eigenvalue weighted by Gasteiger charge is 2.52. The van der Waals surface area contributed by atoms with Gasteiger partial charge in [-0.3, -0.25) is 0 Å². The number of hydrogen-bond acceptors (Lipinski definition) is 4. The summed E-state index contributed by atoms with van der Waals surface area (Å²) >= 11 is 0. The maximum Gasteiger partial charge on any atom is 0.118 e. The first-order valence-electron chi connectivity index (χ1n) is 19.2. The molecule has 4 N–H and O–H groups in total. The maximum absolute atomic E-state index is 10.4. The van der Waals surface area contributed by atoms with Gasteiger partial charge in [-0.15, -0.1) is 0 Å². The number of phenols is 4. The molecule has 4 aromatic carbocycles. The fourth-order valence-electron chi connectivity index (χ4n) is 11.0. The van der Waals surface area contributed by atoms with Gasteiger partial charge in [-0.1, -0.05) is 67.8 Å². The molecule has 4 nitrogen and oxygen atoms in total. The number of phenolic OH excluding ortho intramolecular Hbond substituents is 4. The van der Waals surface area contributed by atoms with Crippen LogP contribution in [0.1, 0.15) is 128 Å². The van der Waals surface area contributed by atoms with Crippen molar-refractivity contribution in [1.29, 1.82) is 0 Å². The van der Waals surface area contributed by atoms with E-state index in [2.05, 4.69) is 48.5 Å². The summed E-state index contributed by atoms with van der Waals surface area (Å²) in [6.07, 6.45) is 15.7. The lowest BCUT2D eigenvalue weighted by molar-refractivity contribution is -0.0262. The molecule has 0 atom stereocenters. The van der Waals surface area contributed by atoms with Crippen molar-refractivity contribution < 1.29 is 20.4 Å². The fourth-order valence-corrected chi connectivity index (χ4v) is 11.0. The van der Waals surface area contributed by atoms with Crippen LogP contribution in [-0.4, -0.2) is 20.4 Å². The van der Waals surface area contributed by atoms with Crippen LogP contribution in [-0.2, 0) is 10.8 Å². The average molecular weight is 673 g/mol. The van der Waals surface area contributed by atoms with Gasteiger partial charge in [-0.25, -0.2) is 0 Å². The maximum atomic E-state index is 10.4. The molecule has 0 heterocycles. The molecule has 0 amide bonds. The zero-order valence-electron chi connectivity index (χ0n) is 30.6. The summed E-state index contributed by atoms with van der Waals surface area (Å²) < 4.78 is 0. The average Bonchev–Trinajstić information content (AvgIpc) is 3.13.